The smallest absolute Gasteiger partial charge is 0.340 e. The summed E-state index contributed by atoms with van der Waals surface area (Å²) in [6.07, 6.45) is 0. The van der Waals surface area contributed by atoms with E-state index in [-0.39, 0.29) is 0 Å². The van der Waals surface area contributed by atoms with Crippen LogP contribution in [0.3, 0.4) is 0 Å². The molecule has 0 aromatic heterocycles. The number of ether oxygens (including phenoxy) is 2. The highest BCUT2D eigenvalue weighted by atomic mass is 16.5. The Hall–Kier alpha value is -2.49. The topological polar surface area (TPSA) is 61.5 Å². The fraction of sp³-hybridized carbons (Fsp3) is 0.235. The molecule has 2 rings (SSSR count). The molecule has 0 saturated heterocycles. The summed E-state index contributed by atoms with van der Waals surface area (Å²) in [5.41, 5.74) is 9.80. The molecule has 0 aliphatic rings. The third kappa shape index (κ3) is 3.16. The zero-order valence-corrected chi connectivity index (χ0v) is 12.7. The zero-order valence-electron chi connectivity index (χ0n) is 12.7. The zero-order chi connectivity index (χ0) is 15.6. The van der Waals surface area contributed by atoms with E-state index in [1.54, 1.807) is 18.2 Å². The Balaban J connectivity index is 2.39. The van der Waals surface area contributed by atoms with Crippen molar-refractivity contribution in [3.05, 3.63) is 52.6 Å². The lowest BCUT2D eigenvalue weighted by molar-refractivity contribution is 0.0601. The van der Waals surface area contributed by atoms with Gasteiger partial charge in [-0.25, -0.2) is 4.79 Å². The second kappa shape index (κ2) is 5.87. The number of esters is 1. The molecule has 0 bridgehead atoms. The van der Waals surface area contributed by atoms with Gasteiger partial charge in [-0.2, -0.15) is 0 Å². The molecule has 0 aliphatic heterocycles. The number of carbonyl (C=O) groups excluding carboxylic acids is 1. The van der Waals surface area contributed by atoms with Crippen molar-refractivity contribution < 1.29 is 14.3 Å². The van der Waals surface area contributed by atoms with E-state index in [1.807, 2.05) is 26.8 Å². The average Bonchev–Trinajstić information content (AvgIpc) is 2.45. The highest BCUT2D eigenvalue weighted by Crippen LogP contribution is 2.30. The molecule has 2 aromatic rings. The van der Waals surface area contributed by atoms with E-state index < -0.39 is 5.97 Å². The summed E-state index contributed by atoms with van der Waals surface area (Å²) < 4.78 is 10.6. The lowest BCUT2D eigenvalue weighted by Crippen LogP contribution is -2.05. The van der Waals surface area contributed by atoms with Gasteiger partial charge in [0.25, 0.3) is 0 Å². The molecule has 2 N–H and O–H groups in total. The van der Waals surface area contributed by atoms with E-state index in [0.29, 0.717) is 17.0 Å². The van der Waals surface area contributed by atoms with Crippen molar-refractivity contribution in [2.75, 3.05) is 12.8 Å². The van der Waals surface area contributed by atoms with Crippen LogP contribution in [-0.4, -0.2) is 13.1 Å². The van der Waals surface area contributed by atoms with E-state index in [9.17, 15) is 4.79 Å². The fourth-order valence-corrected chi connectivity index (χ4v) is 2.12. The summed E-state index contributed by atoms with van der Waals surface area (Å²) in [5, 5.41) is 0. The quantitative estimate of drug-likeness (QED) is 0.688. The van der Waals surface area contributed by atoms with Gasteiger partial charge in [-0.1, -0.05) is 6.07 Å². The molecule has 0 atom stereocenters. The molecule has 0 fully saturated rings. The molecule has 4 heteroatoms. The number of hydrogen-bond donors (Lipinski definition) is 1. The average molecular weight is 285 g/mol. The molecule has 0 amide bonds. The number of carbonyl (C=O) groups is 1. The second-order valence-electron chi connectivity index (χ2n) is 5.05. The molecule has 0 saturated carbocycles. The van der Waals surface area contributed by atoms with E-state index in [4.69, 9.17) is 15.2 Å². The lowest BCUT2D eigenvalue weighted by Gasteiger charge is -2.13. The second-order valence-corrected chi connectivity index (χ2v) is 5.05. The van der Waals surface area contributed by atoms with Gasteiger partial charge in [0.15, 0.2) is 0 Å². The van der Waals surface area contributed by atoms with Crippen LogP contribution < -0.4 is 10.5 Å². The SMILES string of the molecule is COC(=O)c1cc(Oc2cc(C)cc(C)c2C)ccc1N. The van der Waals surface area contributed by atoms with Crippen LogP contribution in [0.4, 0.5) is 5.69 Å². The Kier molecular flexibility index (Phi) is 4.17. The van der Waals surface area contributed by atoms with Crippen LogP contribution in [0.25, 0.3) is 0 Å². The van der Waals surface area contributed by atoms with Crippen LogP contribution in [0.5, 0.6) is 11.5 Å². The Labute approximate surface area is 124 Å². The Bertz CT molecular complexity index is 693. The lowest BCUT2D eigenvalue weighted by atomic mass is 10.1. The summed E-state index contributed by atoms with van der Waals surface area (Å²) in [6, 6.07) is 9.04. The number of rotatable bonds is 3. The van der Waals surface area contributed by atoms with E-state index in [1.165, 1.54) is 7.11 Å². The van der Waals surface area contributed by atoms with Crippen molar-refractivity contribution >= 4 is 11.7 Å². The van der Waals surface area contributed by atoms with Crippen LogP contribution in [0.15, 0.2) is 30.3 Å². The first kappa shape index (κ1) is 14.9. The van der Waals surface area contributed by atoms with Gasteiger partial charge in [-0.05, 0) is 61.7 Å². The summed E-state index contributed by atoms with van der Waals surface area (Å²) >= 11 is 0. The van der Waals surface area contributed by atoms with Crippen molar-refractivity contribution in [2.45, 2.75) is 20.8 Å². The van der Waals surface area contributed by atoms with Crippen LogP contribution >= 0.6 is 0 Å². The van der Waals surface area contributed by atoms with Gasteiger partial charge >= 0.3 is 5.97 Å². The van der Waals surface area contributed by atoms with E-state index >= 15 is 0 Å². The molecular formula is C17H19NO3. The van der Waals surface area contributed by atoms with Gasteiger partial charge < -0.3 is 15.2 Å². The molecule has 4 nitrogen and oxygen atoms in total. The van der Waals surface area contributed by atoms with Crippen LogP contribution in [0.2, 0.25) is 0 Å². The maximum Gasteiger partial charge on any atom is 0.340 e. The molecule has 110 valence electrons. The molecule has 0 heterocycles. The van der Waals surface area contributed by atoms with Crippen LogP contribution in [-0.2, 0) is 4.74 Å². The van der Waals surface area contributed by atoms with Gasteiger partial charge in [0.1, 0.15) is 11.5 Å². The first-order valence-electron chi connectivity index (χ1n) is 6.66. The van der Waals surface area contributed by atoms with Crippen molar-refractivity contribution in [3.8, 4) is 11.5 Å². The normalized spacial score (nSPS) is 10.3. The minimum Gasteiger partial charge on any atom is -0.465 e. The van der Waals surface area contributed by atoms with E-state index in [2.05, 4.69) is 6.07 Å². The summed E-state index contributed by atoms with van der Waals surface area (Å²) in [5.74, 6) is 0.848. The monoisotopic (exact) mass is 285 g/mol. The number of aryl methyl sites for hydroxylation is 2. The molecule has 21 heavy (non-hydrogen) atoms. The van der Waals surface area contributed by atoms with Crippen molar-refractivity contribution in [1.29, 1.82) is 0 Å². The molecule has 0 spiro atoms. The summed E-state index contributed by atoms with van der Waals surface area (Å²) in [7, 11) is 1.32. The van der Waals surface area contributed by atoms with Crippen LogP contribution in [0, 0.1) is 20.8 Å². The largest absolute Gasteiger partial charge is 0.465 e. The molecule has 2 aromatic carbocycles. The van der Waals surface area contributed by atoms with Gasteiger partial charge in [0, 0.05) is 5.69 Å². The maximum atomic E-state index is 11.7. The summed E-state index contributed by atoms with van der Waals surface area (Å²) in [4.78, 5) is 11.7. The predicted octanol–water partition coefficient (Wildman–Crippen LogP) is 3.77. The number of anilines is 1. The Morgan fingerprint density at radius 1 is 1.10 bits per heavy atom. The highest BCUT2D eigenvalue weighted by molar-refractivity contribution is 5.95. The highest BCUT2D eigenvalue weighted by Gasteiger charge is 2.12. The fourth-order valence-electron chi connectivity index (χ4n) is 2.12. The van der Waals surface area contributed by atoms with Gasteiger partial charge in [-0.15, -0.1) is 0 Å². The first-order chi connectivity index (χ1) is 9.92. The van der Waals surface area contributed by atoms with Gasteiger partial charge in [-0.3, -0.25) is 0 Å². The Morgan fingerprint density at radius 2 is 1.81 bits per heavy atom. The number of nitrogens with two attached hydrogens (primary N) is 1. The predicted molar refractivity (Wildman–Crippen MR) is 82.9 cm³/mol. The molecular weight excluding hydrogens is 266 g/mol. The molecule has 0 unspecified atom stereocenters. The van der Waals surface area contributed by atoms with Crippen molar-refractivity contribution in [2.24, 2.45) is 0 Å². The number of benzene rings is 2. The van der Waals surface area contributed by atoms with Crippen molar-refractivity contribution in [1.82, 2.24) is 0 Å². The Morgan fingerprint density at radius 3 is 2.48 bits per heavy atom. The molecule has 0 aliphatic carbocycles. The first-order valence-corrected chi connectivity index (χ1v) is 6.66. The number of methoxy groups -OCH3 is 1. The third-order valence-corrected chi connectivity index (χ3v) is 3.42. The minimum absolute atomic E-state index is 0.303. The van der Waals surface area contributed by atoms with E-state index in [0.717, 1.165) is 22.4 Å². The van der Waals surface area contributed by atoms with Gasteiger partial charge in [0.2, 0.25) is 0 Å². The maximum absolute atomic E-state index is 11.7. The van der Waals surface area contributed by atoms with Crippen molar-refractivity contribution in [3.63, 3.8) is 0 Å². The number of hydrogen-bond acceptors (Lipinski definition) is 4. The minimum atomic E-state index is -0.477. The third-order valence-electron chi connectivity index (χ3n) is 3.42. The molecule has 0 radical (unpaired) electrons. The standard InChI is InChI=1S/C17H19NO3/c1-10-7-11(2)12(3)16(8-10)21-13-5-6-15(18)14(9-13)17(19)20-4/h5-9H,18H2,1-4H3. The number of nitrogen functional groups attached to an aromatic ring is 1. The summed E-state index contributed by atoms with van der Waals surface area (Å²) in [6.45, 7) is 6.06. The van der Waals surface area contributed by atoms with Crippen LogP contribution in [0.1, 0.15) is 27.0 Å². The van der Waals surface area contributed by atoms with Gasteiger partial charge in [0.05, 0.1) is 12.7 Å².